The van der Waals surface area contributed by atoms with Crippen molar-refractivity contribution in [2.24, 2.45) is 11.8 Å². The summed E-state index contributed by atoms with van der Waals surface area (Å²) in [5, 5.41) is 12.0. The van der Waals surface area contributed by atoms with Gasteiger partial charge in [-0.25, -0.2) is 0 Å². The van der Waals surface area contributed by atoms with E-state index in [1.807, 2.05) is 25.1 Å². The summed E-state index contributed by atoms with van der Waals surface area (Å²) in [6.07, 6.45) is 3.75. The quantitative estimate of drug-likeness (QED) is 0.845. The summed E-state index contributed by atoms with van der Waals surface area (Å²) in [5.41, 5.74) is 2.36. The van der Waals surface area contributed by atoms with E-state index in [0.717, 1.165) is 31.2 Å². The molecule has 1 aromatic rings. The Kier molecular flexibility index (Phi) is 5.37. The van der Waals surface area contributed by atoms with E-state index in [0.29, 0.717) is 13.0 Å². The van der Waals surface area contributed by atoms with Crippen molar-refractivity contribution in [2.45, 2.75) is 39.0 Å². The number of carbonyl (C=O) groups excluding carboxylic acids is 1. The number of carboxylic acids is 1. The van der Waals surface area contributed by atoms with E-state index in [4.69, 9.17) is 5.11 Å². The third-order valence-corrected chi connectivity index (χ3v) is 4.26. The number of benzene rings is 1. The van der Waals surface area contributed by atoms with Crippen LogP contribution < -0.4 is 5.32 Å². The number of carboxylic acid groups (broad SMARTS) is 1. The van der Waals surface area contributed by atoms with Gasteiger partial charge in [0.25, 0.3) is 0 Å². The first-order valence-electron chi connectivity index (χ1n) is 7.61. The lowest BCUT2D eigenvalue weighted by Gasteiger charge is -2.16. The van der Waals surface area contributed by atoms with E-state index in [1.54, 1.807) is 0 Å². The van der Waals surface area contributed by atoms with Crippen molar-refractivity contribution < 1.29 is 14.7 Å². The molecule has 1 fully saturated rings. The molecule has 0 aliphatic heterocycles. The van der Waals surface area contributed by atoms with Gasteiger partial charge in [-0.15, -0.1) is 0 Å². The molecule has 0 heterocycles. The lowest BCUT2D eigenvalue weighted by Crippen LogP contribution is -2.33. The van der Waals surface area contributed by atoms with Crippen LogP contribution in [0.1, 0.15) is 36.8 Å². The van der Waals surface area contributed by atoms with E-state index in [-0.39, 0.29) is 17.7 Å². The molecular weight excluding hydrogens is 266 g/mol. The van der Waals surface area contributed by atoms with Crippen LogP contribution in [0.3, 0.4) is 0 Å². The first kappa shape index (κ1) is 15.5. The number of rotatable bonds is 6. The van der Waals surface area contributed by atoms with Gasteiger partial charge in [-0.1, -0.05) is 36.2 Å². The SMILES string of the molecule is Cc1cccc(CCC(=O)NCC2CCCC2C(=O)O)c1. The summed E-state index contributed by atoms with van der Waals surface area (Å²) in [6.45, 7) is 2.53. The Morgan fingerprint density at radius 3 is 2.86 bits per heavy atom. The predicted molar refractivity (Wildman–Crippen MR) is 81.0 cm³/mol. The summed E-state index contributed by atoms with van der Waals surface area (Å²) in [6, 6.07) is 8.15. The second-order valence-corrected chi connectivity index (χ2v) is 5.93. The molecule has 2 atom stereocenters. The molecule has 0 bridgehead atoms. The molecule has 2 rings (SSSR count). The van der Waals surface area contributed by atoms with E-state index < -0.39 is 5.97 Å². The van der Waals surface area contributed by atoms with Crippen molar-refractivity contribution in [3.63, 3.8) is 0 Å². The molecule has 0 saturated heterocycles. The first-order chi connectivity index (χ1) is 10.1. The molecule has 21 heavy (non-hydrogen) atoms. The minimum absolute atomic E-state index is 0.00699. The number of aryl methyl sites for hydroxylation is 2. The third-order valence-electron chi connectivity index (χ3n) is 4.26. The van der Waals surface area contributed by atoms with Gasteiger partial charge in [-0.05, 0) is 37.7 Å². The summed E-state index contributed by atoms with van der Waals surface area (Å²) in [4.78, 5) is 23.0. The van der Waals surface area contributed by atoms with Crippen LogP contribution in [0.2, 0.25) is 0 Å². The zero-order chi connectivity index (χ0) is 15.2. The molecule has 1 saturated carbocycles. The summed E-state index contributed by atoms with van der Waals surface area (Å²) < 4.78 is 0. The van der Waals surface area contributed by atoms with Crippen molar-refractivity contribution in [3.8, 4) is 0 Å². The normalized spacial score (nSPS) is 21.2. The van der Waals surface area contributed by atoms with Gasteiger partial charge in [0.15, 0.2) is 0 Å². The topological polar surface area (TPSA) is 66.4 Å². The van der Waals surface area contributed by atoms with Crippen LogP contribution in [0.25, 0.3) is 0 Å². The highest BCUT2D eigenvalue weighted by atomic mass is 16.4. The molecule has 0 aromatic heterocycles. The predicted octanol–water partition coefficient (Wildman–Crippen LogP) is 2.54. The van der Waals surface area contributed by atoms with Gasteiger partial charge >= 0.3 is 5.97 Å². The number of nitrogens with one attached hydrogen (secondary N) is 1. The number of amides is 1. The second-order valence-electron chi connectivity index (χ2n) is 5.93. The van der Waals surface area contributed by atoms with E-state index in [9.17, 15) is 9.59 Å². The summed E-state index contributed by atoms with van der Waals surface area (Å²) >= 11 is 0. The standard InChI is InChI=1S/C17H23NO3/c1-12-4-2-5-13(10-12)8-9-16(19)18-11-14-6-3-7-15(14)17(20)21/h2,4-5,10,14-15H,3,6-9,11H2,1H3,(H,18,19)(H,20,21). The molecule has 4 nitrogen and oxygen atoms in total. The molecule has 1 amide bonds. The molecule has 1 aliphatic rings. The molecule has 4 heteroatoms. The van der Waals surface area contributed by atoms with Crippen LogP contribution in [-0.2, 0) is 16.0 Å². The summed E-state index contributed by atoms with van der Waals surface area (Å²) in [7, 11) is 0. The van der Waals surface area contributed by atoms with Crippen LogP contribution in [0.4, 0.5) is 0 Å². The number of hydrogen-bond donors (Lipinski definition) is 2. The van der Waals surface area contributed by atoms with Crippen LogP contribution in [0.5, 0.6) is 0 Å². The molecule has 2 N–H and O–H groups in total. The van der Waals surface area contributed by atoms with E-state index in [1.165, 1.54) is 5.56 Å². The molecule has 1 aliphatic carbocycles. The van der Waals surface area contributed by atoms with Gasteiger partial charge in [-0.3, -0.25) is 9.59 Å². The van der Waals surface area contributed by atoms with Crippen LogP contribution in [0, 0.1) is 18.8 Å². The number of carbonyl (C=O) groups is 2. The molecule has 0 spiro atoms. The Morgan fingerprint density at radius 2 is 2.14 bits per heavy atom. The van der Waals surface area contributed by atoms with Crippen molar-refractivity contribution >= 4 is 11.9 Å². The molecule has 114 valence electrons. The van der Waals surface area contributed by atoms with E-state index >= 15 is 0 Å². The minimum atomic E-state index is -0.730. The smallest absolute Gasteiger partial charge is 0.306 e. The maximum absolute atomic E-state index is 11.9. The van der Waals surface area contributed by atoms with Crippen molar-refractivity contribution in [2.75, 3.05) is 6.54 Å². The minimum Gasteiger partial charge on any atom is -0.481 e. The Labute approximate surface area is 125 Å². The monoisotopic (exact) mass is 289 g/mol. The van der Waals surface area contributed by atoms with E-state index in [2.05, 4.69) is 11.4 Å². The van der Waals surface area contributed by atoms with Crippen molar-refractivity contribution in [1.82, 2.24) is 5.32 Å². The first-order valence-corrected chi connectivity index (χ1v) is 7.61. The summed E-state index contributed by atoms with van der Waals surface area (Å²) in [5.74, 6) is -0.924. The lowest BCUT2D eigenvalue weighted by molar-refractivity contribution is -0.143. The Balaban J connectivity index is 1.74. The van der Waals surface area contributed by atoms with Gasteiger partial charge in [0.1, 0.15) is 0 Å². The fourth-order valence-electron chi connectivity index (χ4n) is 3.07. The zero-order valence-corrected chi connectivity index (χ0v) is 12.5. The highest BCUT2D eigenvalue weighted by molar-refractivity contribution is 5.76. The Morgan fingerprint density at radius 1 is 1.33 bits per heavy atom. The zero-order valence-electron chi connectivity index (χ0n) is 12.5. The average Bonchev–Trinajstić information content (AvgIpc) is 2.91. The fraction of sp³-hybridized carbons (Fsp3) is 0.529. The highest BCUT2D eigenvalue weighted by Gasteiger charge is 2.32. The van der Waals surface area contributed by atoms with Crippen LogP contribution >= 0.6 is 0 Å². The average molecular weight is 289 g/mol. The highest BCUT2D eigenvalue weighted by Crippen LogP contribution is 2.31. The lowest BCUT2D eigenvalue weighted by atomic mass is 9.96. The number of hydrogen-bond acceptors (Lipinski definition) is 2. The Hall–Kier alpha value is -1.84. The molecule has 2 unspecified atom stereocenters. The Bertz CT molecular complexity index is 513. The van der Waals surface area contributed by atoms with Crippen molar-refractivity contribution in [3.05, 3.63) is 35.4 Å². The third kappa shape index (κ3) is 4.59. The maximum atomic E-state index is 11.9. The van der Waals surface area contributed by atoms with Gasteiger partial charge in [0, 0.05) is 13.0 Å². The molecule has 0 radical (unpaired) electrons. The van der Waals surface area contributed by atoms with Gasteiger partial charge < -0.3 is 10.4 Å². The largest absolute Gasteiger partial charge is 0.481 e. The maximum Gasteiger partial charge on any atom is 0.306 e. The molecular formula is C17H23NO3. The second kappa shape index (κ2) is 7.25. The van der Waals surface area contributed by atoms with Crippen molar-refractivity contribution in [1.29, 1.82) is 0 Å². The van der Waals surface area contributed by atoms with Gasteiger partial charge in [0.05, 0.1) is 5.92 Å². The van der Waals surface area contributed by atoms with Crippen LogP contribution in [0.15, 0.2) is 24.3 Å². The van der Waals surface area contributed by atoms with Crippen LogP contribution in [-0.4, -0.2) is 23.5 Å². The fourth-order valence-corrected chi connectivity index (χ4v) is 3.07. The van der Waals surface area contributed by atoms with Gasteiger partial charge in [-0.2, -0.15) is 0 Å². The van der Waals surface area contributed by atoms with Gasteiger partial charge in [0.2, 0.25) is 5.91 Å². The number of aliphatic carboxylic acids is 1. The molecule has 1 aromatic carbocycles.